The number of benzene rings is 1. The quantitative estimate of drug-likeness (QED) is 0.865. The highest BCUT2D eigenvalue weighted by atomic mass is 16.5. The monoisotopic (exact) mass is 247 g/mol. The van der Waals surface area contributed by atoms with Gasteiger partial charge in [0.2, 0.25) is 0 Å². The molecule has 0 bridgehead atoms. The first kappa shape index (κ1) is 13.2. The molecular weight excluding hydrogens is 226 g/mol. The number of nitrogens with two attached hydrogens (primary N) is 1. The van der Waals surface area contributed by atoms with Crippen molar-refractivity contribution in [3.05, 3.63) is 35.9 Å². The highest BCUT2D eigenvalue weighted by Crippen LogP contribution is 2.29. The Hall–Kier alpha value is -1.19. The van der Waals surface area contributed by atoms with E-state index < -0.39 is 5.41 Å². The van der Waals surface area contributed by atoms with E-state index in [-0.39, 0.29) is 11.8 Å². The van der Waals surface area contributed by atoms with E-state index in [0.717, 1.165) is 12.8 Å². The van der Waals surface area contributed by atoms with Gasteiger partial charge in [0.05, 0.1) is 18.6 Å². The van der Waals surface area contributed by atoms with Crippen molar-refractivity contribution in [3.63, 3.8) is 0 Å². The van der Waals surface area contributed by atoms with Crippen molar-refractivity contribution in [3.8, 4) is 0 Å². The molecule has 3 heteroatoms. The molecule has 1 aromatic carbocycles. The average molecular weight is 247 g/mol. The van der Waals surface area contributed by atoms with E-state index in [1.165, 1.54) is 5.56 Å². The van der Waals surface area contributed by atoms with E-state index in [0.29, 0.717) is 19.6 Å². The van der Waals surface area contributed by atoms with Gasteiger partial charge in [-0.3, -0.25) is 4.79 Å². The maximum atomic E-state index is 12.2. The summed E-state index contributed by atoms with van der Waals surface area (Å²) in [4.78, 5) is 12.2. The number of rotatable bonds is 5. The molecule has 0 saturated carbocycles. The van der Waals surface area contributed by atoms with Crippen molar-refractivity contribution < 1.29 is 9.53 Å². The van der Waals surface area contributed by atoms with Crippen LogP contribution in [0, 0.1) is 5.41 Å². The molecule has 0 aliphatic carbocycles. The van der Waals surface area contributed by atoms with Gasteiger partial charge >= 0.3 is 0 Å². The fourth-order valence-corrected chi connectivity index (χ4v) is 2.36. The Morgan fingerprint density at radius 1 is 1.44 bits per heavy atom. The Labute approximate surface area is 108 Å². The predicted molar refractivity (Wildman–Crippen MR) is 71.3 cm³/mol. The molecule has 0 radical (unpaired) electrons. The standard InChI is InChI=1S/C15H21NO2/c1-15(11-18-10-13(15)16)14(17)9-5-8-12-6-3-2-4-7-12/h2-4,6-7,13H,5,8-11,16H2,1H3. The Morgan fingerprint density at radius 2 is 2.17 bits per heavy atom. The molecular formula is C15H21NO2. The van der Waals surface area contributed by atoms with Crippen LogP contribution in [0.3, 0.4) is 0 Å². The molecule has 2 N–H and O–H groups in total. The molecule has 2 rings (SSSR count). The summed E-state index contributed by atoms with van der Waals surface area (Å²) in [7, 11) is 0. The zero-order valence-electron chi connectivity index (χ0n) is 10.9. The van der Waals surface area contributed by atoms with Crippen molar-refractivity contribution in [1.29, 1.82) is 0 Å². The molecule has 18 heavy (non-hydrogen) atoms. The van der Waals surface area contributed by atoms with Gasteiger partial charge in [0.1, 0.15) is 5.78 Å². The zero-order chi connectivity index (χ0) is 13.0. The first-order valence-electron chi connectivity index (χ1n) is 6.53. The van der Waals surface area contributed by atoms with E-state index in [2.05, 4.69) is 12.1 Å². The lowest BCUT2D eigenvalue weighted by molar-refractivity contribution is -0.128. The fraction of sp³-hybridized carbons (Fsp3) is 0.533. The Bertz CT molecular complexity index is 404. The van der Waals surface area contributed by atoms with Crippen molar-refractivity contribution in [2.45, 2.75) is 32.2 Å². The lowest BCUT2D eigenvalue weighted by Gasteiger charge is -2.25. The molecule has 1 fully saturated rings. The van der Waals surface area contributed by atoms with Crippen LogP contribution in [-0.2, 0) is 16.0 Å². The van der Waals surface area contributed by atoms with Gasteiger partial charge in [0.25, 0.3) is 0 Å². The van der Waals surface area contributed by atoms with Crippen LogP contribution in [0.2, 0.25) is 0 Å². The average Bonchev–Trinajstić information content (AvgIpc) is 2.72. The summed E-state index contributed by atoms with van der Waals surface area (Å²) >= 11 is 0. The molecule has 98 valence electrons. The van der Waals surface area contributed by atoms with Gasteiger partial charge in [-0.1, -0.05) is 30.3 Å². The summed E-state index contributed by atoms with van der Waals surface area (Å²) in [6.45, 7) is 2.90. The topological polar surface area (TPSA) is 52.3 Å². The van der Waals surface area contributed by atoms with Gasteiger partial charge < -0.3 is 10.5 Å². The molecule has 1 heterocycles. The summed E-state index contributed by atoms with van der Waals surface area (Å²) in [5.74, 6) is 0.239. The van der Waals surface area contributed by atoms with E-state index in [1.807, 2.05) is 25.1 Å². The van der Waals surface area contributed by atoms with Gasteiger partial charge in [0.15, 0.2) is 0 Å². The predicted octanol–water partition coefficient (Wildman–Crippen LogP) is 1.94. The molecule has 3 nitrogen and oxygen atoms in total. The first-order chi connectivity index (χ1) is 8.63. The second-order valence-electron chi connectivity index (χ2n) is 5.30. The fourth-order valence-electron chi connectivity index (χ4n) is 2.36. The molecule has 1 aliphatic rings. The second-order valence-corrected chi connectivity index (χ2v) is 5.30. The van der Waals surface area contributed by atoms with Crippen molar-refractivity contribution in [2.24, 2.45) is 11.1 Å². The lowest BCUT2D eigenvalue weighted by atomic mass is 9.79. The van der Waals surface area contributed by atoms with Crippen LogP contribution in [0.15, 0.2) is 30.3 Å². The number of carbonyl (C=O) groups excluding carboxylic acids is 1. The third-order valence-corrected chi connectivity index (χ3v) is 3.87. The number of ketones is 1. The number of Topliss-reactive ketones (excluding diaryl/α,β-unsaturated/α-hetero) is 1. The molecule has 1 aromatic rings. The largest absolute Gasteiger partial charge is 0.379 e. The summed E-state index contributed by atoms with van der Waals surface area (Å²) in [6, 6.07) is 10.1. The molecule has 1 saturated heterocycles. The highest BCUT2D eigenvalue weighted by molar-refractivity contribution is 5.85. The first-order valence-corrected chi connectivity index (χ1v) is 6.53. The Balaban J connectivity index is 1.82. The van der Waals surface area contributed by atoms with E-state index in [4.69, 9.17) is 10.5 Å². The molecule has 0 amide bonds. The second kappa shape index (κ2) is 5.63. The lowest BCUT2D eigenvalue weighted by Crippen LogP contribution is -2.44. The van der Waals surface area contributed by atoms with Gasteiger partial charge in [-0.25, -0.2) is 0 Å². The minimum absolute atomic E-state index is 0.151. The van der Waals surface area contributed by atoms with Gasteiger partial charge in [-0.05, 0) is 25.3 Å². The Morgan fingerprint density at radius 3 is 2.78 bits per heavy atom. The summed E-state index contributed by atoms with van der Waals surface area (Å²) in [6.07, 6.45) is 2.41. The molecule has 1 aliphatic heterocycles. The van der Waals surface area contributed by atoms with Crippen LogP contribution in [0.1, 0.15) is 25.3 Å². The van der Waals surface area contributed by atoms with Crippen LogP contribution in [0.25, 0.3) is 0 Å². The number of hydrogen-bond donors (Lipinski definition) is 1. The van der Waals surface area contributed by atoms with Gasteiger partial charge in [-0.15, -0.1) is 0 Å². The van der Waals surface area contributed by atoms with Gasteiger partial charge in [-0.2, -0.15) is 0 Å². The van der Waals surface area contributed by atoms with E-state index >= 15 is 0 Å². The third kappa shape index (κ3) is 2.79. The minimum Gasteiger partial charge on any atom is -0.379 e. The van der Waals surface area contributed by atoms with Crippen LogP contribution in [-0.4, -0.2) is 25.0 Å². The van der Waals surface area contributed by atoms with Gasteiger partial charge in [0, 0.05) is 12.5 Å². The number of hydrogen-bond acceptors (Lipinski definition) is 3. The maximum Gasteiger partial charge on any atom is 0.142 e. The van der Waals surface area contributed by atoms with E-state index in [1.54, 1.807) is 0 Å². The molecule has 2 unspecified atom stereocenters. The SMILES string of the molecule is CC1(C(=O)CCCc2ccccc2)COCC1N. The third-order valence-electron chi connectivity index (χ3n) is 3.87. The van der Waals surface area contributed by atoms with Crippen LogP contribution < -0.4 is 5.73 Å². The number of ether oxygens (including phenoxy) is 1. The maximum absolute atomic E-state index is 12.2. The van der Waals surface area contributed by atoms with Crippen LogP contribution in [0.5, 0.6) is 0 Å². The summed E-state index contributed by atoms with van der Waals surface area (Å²) < 4.78 is 5.31. The summed E-state index contributed by atoms with van der Waals surface area (Å²) in [5, 5.41) is 0. The summed E-state index contributed by atoms with van der Waals surface area (Å²) in [5.41, 5.74) is 6.76. The number of aryl methyl sites for hydroxylation is 1. The molecule has 0 aromatic heterocycles. The van der Waals surface area contributed by atoms with Crippen molar-refractivity contribution >= 4 is 5.78 Å². The normalized spacial score (nSPS) is 27.3. The van der Waals surface area contributed by atoms with E-state index in [9.17, 15) is 4.79 Å². The minimum atomic E-state index is -0.476. The molecule has 2 atom stereocenters. The highest BCUT2D eigenvalue weighted by Gasteiger charge is 2.43. The smallest absolute Gasteiger partial charge is 0.142 e. The van der Waals surface area contributed by atoms with Crippen LogP contribution in [0.4, 0.5) is 0 Å². The van der Waals surface area contributed by atoms with Crippen molar-refractivity contribution in [1.82, 2.24) is 0 Å². The molecule has 0 spiro atoms. The zero-order valence-corrected chi connectivity index (χ0v) is 10.9. The van der Waals surface area contributed by atoms with Crippen LogP contribution >= 0.6 is 0 Å². The van der Waals surface area contributed by atoms with Crippen molar-refractivity contribution in [2.75, 3.05) is 13.2 Å². The number of carbonyl (C=O) groups is 1. The Kier molecular flexibility index (Phi) is 4.15.